The molecule has 3 aliphatic rings. The van der Waals surface area contributed by atoms with Crippen LogP contribution in [0.5, 0.6) is 0 Å². The van der Waals surface area contributed by atoms with Crippen molar-refractivity contribution in [1.82, 2.24) is 5.01 Å². The number of nitrogens with zero attached hydrogens (tertiary/aromatic N) is 3. The number of halogens is 1. The van der Waals surface area contributed by atoms with Crippen LogP contribution in [-0.4, -0.2) is 24.1 Å². The molecule has 0 spiro atoms. The largest absolute Gasteiger partial charge is 0.301 e. The first-order valence-electron chi connectivity index (χ1n) is 9.14. The van der Waals surface area contributed by atoms with E-state index in [0.717, 1.165) is 40.2 Å². The van der Waals surface area contributed by atoms with E-state index in [1.165, 1.54) is 0 Å². The third-order valence-corrected chi connectivity index (χ3v) is 6.21. The van der Waals surface area contributed by atoms with Crippen molar-refractivity contribution in [2.75, 3.05) is 11.9 Å². The summed E-state index contributed by atoms with van der Waals surface area (Å²) in [6.45, 7) is 4.05. The van der Waals surface area contributed by atoms with Crippen molar-refractivity contribution in [3.63, 3.8) is 0 Å². The lowest BCUT2D eigenvalue weighted by Crippen LogP contribution is -2.57. The van der Waals surface area contributed by atoms with Crippen LogP contribution >= 0.6 is 0 Å². The average molecular weight is 335 g/mol. The van der Waals surface area contributed by atoms with Crippen molar-refractivity contribution in [2.45, 2.75) is 38.5 Å². The summed E-state index contributed by atoms with van der Waals surface area (Å²) in [5, 5.41) is 6.81. The third kappa shape index (κ3) is 1.63. The molecule has 4 heteroatoms. The molecule has 3 atom stereocenters. The molecular formula is C21H22FN3. The molecule has 0 N–H and O–H groups in total. The Morgan fingerprint density at radius 2 is 1.76 bits per heavy atom. The molecule has 3 heterocycles. The van der Waals surface area contributed by atoms with Gasteiger partial charge in [-0.25, -0.2) is 4.39 Å². The Balaban J connectivity index is 1.90. The van der Waals surface area contributed by atoms with Gasteiger partial charge in [0, 0.05) is 29.7 Å². The fourth-order valence-electron chi connectivity index (χ4n) is 5.10. The lowest BCUT2D eigenvalue weighted by atomic mass is 9.71. The van der Waals surface area contributed by atoms with Gasteiger partial charge in [0.2, 0.25) is 0 Å². The molecule has 0 aromatic heterocycles. The fourth-order valence-corrected chi connectivity index (χ4v) is 5.10. The molecule has 0 saturated carbocycles. The Kier molecular flexibility index (Phi) is 2.89. The van der Waals surface area contributed by atoms with E-state index in [-0.39, 0.29) is 12.1 Å². The normalized spacial score (nSPS) is 28.6. The number of para-hydroxylation sites is 1. The van der Waals surface area contributed by atoms with Crippen molar-refractivity contribution >= 4 is 11.5 Å². The van der Waals surface area contributed by atoms with Crippen LogP contribution in [0.1, 0.15) is 37.8 Å². The summed E-state index contributed by atoms with van der Waals surface area (Å²) >= 11 is 0. The maximum atomic E-state index is 16.4. The van der Waals surface area contributed by atoms with Crippen LogP contribution in [0.25, 0.3) is 11.1 Å². The Morgan fingerprint density at radius 1 is 1.04 bits per heavy atom. The third-order valence-electron chi connectivity index (χ3n) is 6.21. The van der Waals surface area contributed by atoms with E-state index in [0.29, 0.717) is 6.42 Å². The number of rotatable bonds is 2. The maximum absolute atomic E-state index is 16.4. The summed E-state index contributed by atoms with van der Waals surface area (Å²) in [4.78, 5) is 2.29. The van der Waals surface area contributed by atoms with Crippen molar-refractivity contribution in [1.29, 1.82) is 0 Å². The highest BCUT2D eigenvalue weighted by molar-refractivity contribution is 6.20. The van der Waals surface area contributed by atoms with Crippen molar-refractivity contribution in [3.8, 4) is 11.1 Å². The highest BCUT2D eigenvalue weighted by Gasteiger charge is 2.56. The highest BCUT2D eigenvalue weighted by atomic mass is 19.1. The van der Waals surface area contributed by atoms with E-state index in [1.807, 2.05) is 37.2 Å². The molecular weight excluding hydrogens is 313 g/mol. The molecule has 0 radical (unpaired) electrons. The number of hydrogen-bond donors (Lipinski definition) is 0. The molecule has 0 aliphatic carbocycles. The Labute approximate surface area is 147 Å². The van der Waals surface area contributed by atoms with Gasteiger partial charge in [-0.2, -0.15) is 5.10 Å². The van der Waals surface area contributed by atoms with Crippen LogP contribution in [0.4, 0.5) is 10.1 Å². The molecule has 0 saturated heterocycles. The lowest BCUT2D eigenvalue weighted by Gasteiger charge is -2.50. The zero-order valence-electron chi connectivity index (χ0n) is 14.8. The van der Waals surface area contributed by atoms with Crippen LogP contribution in [0, 0.1) is 5.92 Å². The van der Waals surface area contributed by atoms with Gasteiger partial charge in [0.1, 0.15) is 11.8 Å². The Bertz CT molecular complexity index is 906. The molecule has 5 rings (SSSR count). The van der Waals surface area contributed by atoms with Gasteiger partial charge < -0.3 is 4.90 Å². The van der Waals surface area contributed by atoms with Crippen molar-refractivity contribution in [3.05, 3.63) is 53.6 Å². The maximum Gasteiger partial charge on any atom is 0.162 e. The van der Waals surface area contributed by atoms with Crippen LogP contribution < -0.4 is 4.90 Å². The topological polar surface area (TPSA) is 18.8 Å². The second-order valence-electron chi connectivity index (χ2n) is 7.26. The van der Waals surface area contributed by atoms with Gasteiger partial charge in [-0.05, 0) is 18.4 Å². The zero-order valence-corrected chi connectivity index (χ0v) is 14.8. The molecule has 25 heavy (non-hydrogen) atoms. The second kappa shape index (κ2) is 4.84. The number of anilines is 1. The van der Waals surface area contributed by atoms with Gasteiger partial charge in [-0.1, -0.05) is 56.3 Å². The minimum atomic E-state index is -1.33. The monoisotopic (exact) mass is 335 g/mol. The fraction of sp³-hybridized carbons (Fsp3) is 0.381. The predicted octanol–water partition coefficient (Wildman–Crippen LogP) is 4.72. The zero-order chi connectivity index (χ0) is 17.3. The van der Waals surface area contributed by atoms with Crippen LogP contribution in [-0.2, 0) is 5.67 Å². The summed E-state index contributed by atoms with van der Waals surface area (Å²) in [6.07, 6.45) is 1.20. The average Bonchev–Trinajstić information content (AvgIpc) is 2.99. The molecule has 3 aliphatic heterocycles. The second-order valence-corrected chi connectivity index (χ2v) is 7.26. The number of fused-ring (bicyclic) bond motifs is 3. The first kappa shape index (κ1) is 14.9. The van der Waals surface area contributed by atoms with Crippen LogP contribution in [0.3, 0.4) is 0 Å². The molecule has 2 aromatic carbocycles. The molecule has 2 aromatic rings. The Hall–Kier alpha value is -2.36. The molecule has 3 unspecified atom stereocenters. The van der Waals surface area contributed by atoms with Crippen LogP contribution in [0.15, 0.2) is 47.6 Å². The summed E-state index contributed by atoms with van der Waals surface area (Å²) in [7, 11) is 1.98. The van der Waals surface area contributed by atoms with E-state index < -0.39 is 5.67 Å². The number of alkyl halides is 1. The van der Waals surface area contributed by atoms with Gasteiger partial charge in [-0.3, -0.25) is 5.01 Å². The van der Waals surface area contributed by atoms with Gasteiger partial charge in [0.05, 0.1) is 5.69 Å². The van der Waals surface area contributed by atoms with Gasteiger partial charge in [0.25, 0.3) is 0 Å². The number of benzene rings is 2. The van der Waals surface area contributed by atoms with E-state index in [1.54, 1.807) is 0 Å². The predicted molar refractivity (Wildman–Crippen MR) is 99.3 cm³/mol. The van der Waals surface area contributed by atoms with Crippen molar-refractivity contribution < 1.29 is 4.39 Å². The van der Waals surface area contributed by atoms with Crippen molar-refractivity contribution in [2.24, 2.45) is 11.0 Å². The number of hydrogen-bond acceptors (Lipinski definition) is 3. The summed E-state index contributed by atoms with van der Waals surface area (Å²) in [5.74, 6) is 0.844. The summed E-state index contributed by atoms with van der Waals surface area (Å²) in [5.41, 5.74) is 3.93. The van der Waals surface area contributed by atoms with E-state index in [4.69, 9.17) is 5.10 Å². The van der Waals surface area contributed by atoms with E-state index in [2.05, 4.69) is 36.1 Å². The molecule has 0 amide bonds. The standard InChI is InChI=1S/C21H22FN3/c1-4-16-20-24(3)23-19-15-10-7-6-9-13(15)14-11-8-12-17(18(14)25(19)20)21(16,22)5-2/h6-12,16,20H,4-5H2,1-3H3. The summed E-state index contributed by atoms with van der Waals surface area (Å²) in [6, 6.07) is 14.4. The molecule has 0 bridgehead atoms. The summed E-state index contributed by atoms with van der Waals surface area (Å²) < 4.78 is 16.4. The van der Waals surface area contributed by atoms with E-state index >= 15 is 4.39 Å². The van der Waals surface area contributed by atoms with Gasteiger partial charge in [0.15, 0.2) is 5.84 Å². The van der Waals surface area contributed by atoms with E-state index in [9.17, 15) is 0 Å². The SMILES string of the molecule is CCC1C2N(C)N=C3c4ccccc4-c4cccc(c4N32)C1(F)CC. The van der Waals surface area contributed by atoms with Crippen LogP contribution in [0.2, 0.25) is 0 Å². The number of hydrazone groups is 1. The smallest absolute Gasteiger partial charge is 0.162 e. The lowest BCUT2D eigenvalue weighted by molar-refractivity contribution is 0.0107. The minimum Gasteiger partial charge on any atom is -0.301 e. The molecule has 128 valence electrons. The first-order chi connectivity index (χ1) is 12.1. The highest BCUT2D eigenvalue weighted by Crippen LogP contribution is 2.57. The molecule has 0 fully saturated rings. The van der Waals surface area contributed by atoms with Gasteiger partial charge >= 0.3 is 0 Å². The quantitative estimate of drug-likeness (QED) is 0.791. The number of amidine groups is 1. The van der Waals surface area contributed by atoms with Gasteiger partial charge in [-0.15, -0.1) is 0 Å². The minimum absolute atomic E-state index is 0.0630. The molecule has 3 nitrogen and oxygen atoms in total. The first-order valence-corrected chi connectivity index (χ1v) is 9.14. The Morgan fingerprint density at radius 3 is 2.48 bits per heavy atom.